The van der Waals surface area contributed by atoms with Gasteiger partial charge in [0.2, 0.25) is 0 Å². The number of carbonyl (C=O) groups is 1. The van der Waals surface area contributed by atoms with Crippen LogP contribution >= 0.6 is 12.2 Å². The lowest BCUT2D eigenvalue weighted by Crippen LogP contribution is -2.39. The van der Waals surface area contributed by atoms with Crippen LogP contribution in [0.5, 0.6) is 0 Å². The van der Waals surface area contributed by atoms with Crippen molar-refractivity contribution in [3.63, 3.8) is 0 Å². The van der Waals surface area contributed by atoms with E-state index in [2.05, 4.69) is 28.6 Å². The molecular weight excluding hydrogens is 310 g/mol. The number of rotatable bonds is 6. The van der Waals surface area contributed by atoms with Gasteiger partial charge in [-0.15, -0.1) is 0 Å². The van der Waals surface area contributed by atoms with Crippen molar-refractivity contribution in [2.45, 2.75) is 20.3 Å². The largest absolute Gasteiger partial charge is 0.383 e. The van der Waals surface area contributed by atoms with Gasteiger partial charge in [-0.2, -0.15) is 0 Å². The molecule has 1 amide bonds. The summed E-state index contributed by atoms with van der Waals surface area (Å²) in [4.78, 5) is 16.4. The van der Waals surface area contributed by atoms with Crippen molar-refractivity contribution in [1.82, 2.24) is 10.6 Å². The van der Waals surface area contributed by atoms with Gasteiger partial charge < -0.3 is 15.4 Å². The highest BCUT2D eigenvalue weighted by molar-refractivity contribution is 7.80. The zero-order valence-electron chi connectivity index (χ0n) is 13.8. The highest BCUT2D eigenvalue weighted by Gasteiger charge is 2.18. The first kappa shape index (κ1) is 17.6. The Morgan fingerprint density at radius 1 is 1.26 bits per heavy atom. The van der Waals surface area contributed by atoms with Crippen LogP contribution in [0.2, 0.25) is 0 Å². The number of ether oxygens (including phenoxy) is 1. The van der Waals surface area contributed by atoms with Crippen molar-refractivity contribution in [2.24, 2.45) is 10.9 Å². The molecule has 1 heterocycles. The summed E-state index contributed by atoms with van der Waals surface area (Å²) in [5, 5.41) is 8.54. The Morgan fingerprint density at radius 2 is 1.96 bits per heavy atom. The molecule has 23 heavy (non-hydrogen) atoms. The van der Waals surface area contributed by atoms with E-state index in [1.54, 1.807) is 7.11 Å². The van der Waals surface area contributed by atoms with Crippen LogP contribution in [-0.4, -0.2) is 37.8 Å². The molecule has 1 atom stereocenters. The molecule has 1 aromatic rings. The molecule has 124 valence electrons. The Balaban J connectivity index is 1.94. The van der Waals surface area contributed by atoms with Gasteiger partial charge in [0.25, 0.3) is 5.91 Å². The van der Waals surface area contributed by atoms with Crippen molar-refractivity contribution in [3.8, 4) is 0 Å². The molecular formula is C17H23N3O2S. The summed E-state index contributed by atoms with van der Waals surface area (Å²) in [7, 11) is 1.65. The van der Waals surface area contributed by atoms with Gasteiger partial charge in [-0.1, -0.05) is 6.08 Å². The van der Waals surface area contributed by atoms with Crippen LogP contribution in [0.3, 0.4) is 0 Å². The van der Waals surface area contributed by atoms with E-state index in [4.69, 9.17) is 17.0 Å². The Labute approximate surface area is 141 Å². The fourth-order valence-corrected chi connectivity index (χ4v) is 2.62. The second kappa shape index (κ2) is 8.17. The van der Waals surface area contributed by atoms with Gasteiger partial charge >= 0.3 is 0 Å². The summed E-state index contributed by atoms with van der Waals surface area (Å²) in [5.74, 6) is -0.278. The lowest BCUT2D eigenvalue weighted by molar-refractivity contribution is -0.120. The molecule has 5 nitrogen and oxygen atoms in total. The summed E-state index contributed by atoms with van der Waals surface area (Å²) in [5.41, 5.74) is 2.37. The highest BCUT2D eigenvalue weighted by atomic mass is 32.1. The third-order valence-electron chi connectivity index (χ3n) is 3.90. The third-order valence-corrected chi connectivity index (χ3v) is 4.19. The molecule has 6 heteroatoms. The van der Waals surface area contributed by atoms with Crippen LogP contribution in [-0.2, 0) is 9.53 Å². The maximum Gasteiger partial charge on any atom is 0.253 e. The molecule has 0 radical (unpaired) electrons. The molecule has 0 saturated carbocycles. The lowest BCUT2D eigenvalue weighted by atomic mass is 9.98. The van der Waals surface area contributed by atoms with Gasteiger partial charge in [-0.3, -0.25) is 4.79 Å². The number of fused-ring (bicyclic) bond motifs is 1. The highest BCUT2D eigenvalue weighted by Crippen LogP contribution is 2.09. The van der Waals surface area contributed by atoms with Crippen LogP contribution in [0.25, 0.3) is 6.08 Å². The fraction of sp³-hybridized carbons (Fsp3) is 0.471. The van der Waals surface area contributed by atoms with Crippen LogP contribution in [0, 0.1) is 19.8 Å². The molecule has 1 aromatic carbocycles. The monoisotopic (exact) mass is 333 g/mol. The Morgan fingerprint density at radius 3 is 2.70 bits per heavy atom. The fourth-order valence-electron chi connectivity index (χ4n) is 2.42. The topological polar surface area (TPSA) is 62.7 Å². The zero-order valence-corrected chi connectivity index (χ0v) is 14.6. The van der Waals surface area contributed by atoms with Gasteiger partial charge in [-0.25, -0.2) is 4.99 Å². The molecule has 0 saturated heterocycles. The summed E-state index contributed by atoms with van der Waals surface area (Å²) >= 11 is 5.16. The standard InChI is InChI=1S/C17H23N3O2S/c1-11-8-14-10-13(16(21)20-15(14)9-12(11)2)4-5-18-17(23)19-6-7-22-3/h8-10,13H,4-7H2,1-3H3,(H2,18,19,23). The quantitative estimate of drug-likeness (QED) is 0.581. The van der Waals surface area contributed by atoms with Gasteiger partial charge in [0.1, 0.15) is 0 Å². The molecule has 1 unspecified atom stereocenters. The number of methoxy groups -OCH3 is 1. The first-order valence-corrected chi connectivity index (χ1v) is 8.14. The smallest absolute Gasteiger partial charge is 0.253 e. The number of thiocarbonyl (C=S) groups is 1. The minimum absolute atomic E-state index is 0.0826. The Hall–Kier alpha value is -1.79. The molecule has 1 aliphatic heterocycles. The lowest BCUT2D eigenvalue weighted by Gasteiger charge is -2.15. The van der Waals surface area contributed by atoms with Crippen molar-refractivity contribution < 1.29 is 9.53 Å². The van der Waals surface area contributed by atoms with E-state index in [1.165, 1.54) is 5.56 Å². The van der Waals surface area contributed by atoms with Crippen LogP contribution < -0.4 is 21.2 Å². The maximum absolute atomic E-state index is 12.1. The number of hydrogen-bond acceptors (Lipinski definition) is 3. The van der Waals surface area contributed by atoms with Gasteiger partial charge in [0.15, 0.2) is 5.11 Å². The van der Waals surface area contributed by atoms with E-state index in [-0.39, 0.29) is 11.8 Å². The number of hydrogen-bond donors (Lipinski definition) is 2. The number of benzene rings is 1. The molecule has 0 fully saturated rings. The number of carbonyl (C=O) groups excluding carboxylic acids is 1. The Kier molecular flexibility index (Phi) is 6.24. The van der Waals surface area contributed by atoms with Crippen LogP contribution in [0.4, 0.5) is 0 Å². The molecule has 0 aliphatic carbocycles. The van der Waals surface area contributed by atoms with Crippen molar-refractivity contribution in [3.05, 3.63) is 33.8 Å². The average molecular weight is 333 g/mol. The second-order valence-electron chi connectivity index (χ2n) is 5.68. The van der Waals surface area contributed by atoms with E-state index in [0.29, 0.717) is 31.2 Å². The first-order chi connectivity index (χ1) is 11.0. The molecule has 1 aliphatic rings. The zero-order chi connectivity index (χ0) is 16.8. The summed E-state index contributed by atoms with van der Waals surface area (Å²) in [6.07, 6.45) is 2.68. The molecule has 0 spiro atoms. The number of amides is 1. The molecule has 2 rings (SSSR count). The molecule has 2 N–H and O–H groups in total. The van der Waals surface area contributed by atoms with Crippen LogP contribution in [0.1, 0.15) is 17.5 Å². The molecule has 0 aromatic heterocycles. The van der Waals surface area contributed by atoms with Gasteiger partial charge in [0.05, 0.1) is 17.9 Å². The predicted octanol–water partition coefficient (Wildman–Crippen LogP) is 0.361. The van der Waals surface area contributed by atoms with E-state index in [9.17, 15) is 4.79 Å². The summed E-state index contributed by atoms with van der Waals surface area (Å²) in [6, 6.07) is 4.07. The second-order valence-corrected chi connectivity index (χ2v) is 6.09. The van der Waals surface area contributed by atoms with Crippen molar-refractivity contribution >= 4 is 29.3 Å². The molecule has 0 bridgehead atoms. The SMILES string of the molecule is COCCNC(=S)NCCC1C=c2cc(C)c(C)cc2=NC1=O. The first-order valence-electron chi connectivity index (χ1n) is 7.73. The van der Waals surface area contributed by atoms with E-state index >= 15 is 0 Å². The predicted molar refractivity (Wildman–Crippen MR) is 94.8 cm³/mol. The van der Waals surface area contributed by atoms with E-state index < -0.39 is 0 Å². The maximum atomic E-state index is 12.1. The minimum atomic E-state index is -0.195. The van der Waals surface area contributed by atoms with Crippen molar-refractivity contribution in [2.75, 3.05) is 26.8 Å². The average Bonchev–Trinajstić information content (AvgIpc) is 2.50. The van der Waals surface area contributed by atoms with Crippen molar-refractivity contribution in [1.29, 1.82) is 0 Å². The summed E-state index contributed by atoms with van der Waals surface area (Å²) in [6.45, 7) is 5.99. The number of nitrogens with one attached hydrogen (secondary N) is 2. The van der Waals surface area contributed by atoms with E-state index in [0.717, 1.165) is 16.1 Å². The van der Waals surface area contributed by atoms with Gasteiger partial charge in [-0.05, 0) is 61.0 Å². The van der Waals surface area contributed by atoms with Crippen LogP contribution in [0.15, 0.2) is 17.1 Å². The third kappa shape index (κ3) is 4.84. The number of aryl methyl sites for hydroxylation is 2. The number of nitrogens with zero attached hydrogens (tertiary/aromatic N) is 1. The van der Waals surface area contributed by atoms with E-state index in [1.807, 2.05) is 19.1 Å². The summed E-state index contributed by atoms with van der Waals surface area (Å²) < 4.78 is 4.95. The minimum Gasteiger partial charge on any atom is -0.383 e. The van der Waals surface area contributed by atoms with Gasteiger partial charge in [0, 0.05) is 20.2 Å². The Bertz CT molecular complexity index is 715. The normalized spacial score (nSPS) is 16.1.